The number of hydrogen-bond acceptors (Lipinski definition) is 4. The fraction of sp³-hybridized carbons (Fsp3) is 0.200. The van der Waals surface area contributed by atoms with Gasteiger partial charge in [0.25, 0.3) is 0 Å². The Labute approximate surface area is 174 Å². The van der Waals surface area contributed by atoms with Gasteiger partial charge in [0.05, 0.1) is 11.1 Å². The minimum absolute atomic E-state index is 0.132. The quantitative estimate of drug-likeness (QED) is 0.502. The van der Waals surface area contributed by atoms with Gasteiger partial charge in [-0.05, 0) is 55.2 Å². The van der Waals surface area contributed by atoms with E-state index in [1.807, 2.05) is 12.1 Å². The Morgan fingerprint density at radius 3 is 2.60 bits per heavy atom. The van der Waals surface area contributed by atoms with Crippen LogP contribution in [-0.4, -0.2) is 27.7 Å². The number of rotatable bonds is 4. The highest BCUT2D eigenvalue weighted by Crippen LogP contribution is 2.35. The van der Waals surface area contributed by atoms with Crippen molar-refractivity contribution in [3.05, 3.63) is 84.2 Å². The van der Waals surface area contributed by atoms with E-state index in [2.05, 4.69) is 34.1 Å². The van der Waals surface area contributed by atoms with Crippen LogP contribution in [0, 0.1) is 5.82 Å². The number of phenolic OH excluding ortho intramolecular Hbond substituents is 1. The molecule has 1 aliphatic heterocycles. The third-order valence-corrected chi connectivity index (χ3v) is 5.75. The van der Waals surface area contributed by atoms with E-state index in [1.165, 1.54) is 17.7 Å². The highest BCUT2D eigenvalue weighted by molar-refractivity contribution is 5.91. The fourth-order valence-electron chi connectivity index (χ4n) is 4.30. The first kappa shape index (κ1) is 18.6. The molecule has 0 spiro atoms. The molecule has 1 atom stereocenters. The van der Waals surface area contributed by atoms with Crippen molar-refractivity contribution in [2.24, 2.45) is 0 Å². The molecule has 150 valence electrons. The molecule has 30 heavy (non-hydrogen) atoms. The van der Waals surface area contributed by atoms with E-state index in [0.717, 1.165) is 31.6 Å². The second kappa shape index (κ2) is 7.75. The Morgan fingerprint density at radius 1 is 0.967 bits per heavy atom. The highest BCUT2D eigenvalue weighted by Gasteiger charge is 2.28. The SMILES string of the molecule is Oc1ccccc1-c1nc(N2CCC[C@@H]2Cc2ccccc2)c2cc(F)ccc2n1. The number of fused-ring (bicyclic) bond motifs is 1. The van der Waals surface area contributed by atoms with Crippen molar-refractivity contribution in [3.8, 4) is 17.1 Å². The summed E-state index contributed by atoms with van der Waals surface area (Å²) in [4.78, 5) is 11.7. The van der Waals surface area contributed by atoms with Crippen LogP contribution in [0.15, 0.2) is 72.8 Å². The normalized spacial score (nSPS) is 16.3. The molecule has 2 heterocycles. The van der Waals surface area contributed by atoms with Gasteiger partial charge < -0.3 is 10.0 Å². The summed E-state index contributed by atoms with van der Waals surface area (Å²) in [5.74, 6) is 1.01. The van der Waals surface area contributed by atoms with Crippen LogP contribution in [0.25, 0.3) is 22.3 Å². The van der Waals surface area contributed by atoms with Gasteiger partial charge in [0, 0.05) is 18.0 Å². The molecule has 0 aliphatic carbocycles. The molecule has 1 saturated heterocycles. The molecule has 4 nitrogen and oxygen atoms in total. The lowest BCUT2D eigenvalue weighted by molar-refractivity contribution is 0.477. The molecule has 0 radical (unpaired) electrons. The predicted molar refractivity (Wildman–Crippen MR) is 117 cm³/mol. The molecule has 1 fully saturated rings. The lowest BCUT2D eigenvalue weighted by atomic mass is 10.0. The van der Waals surface area contributed by atoms with Gasteiger partial charge in [-0.2, -0.15) is 0 Å². The van der Waals surface area contributed by atoms with E-state index in [4.69, 9.17) is 4.98 Å². The smallest absolute Gasteiger partial charge is 0.165 e. The Kier molecular flexibility index (Phi) is 4.79. The number of hydrogen-bond donors (Lipinski definition) is 1. The first-order valence-electron chi connectivity index (χ1n) is 10.3. The third-order valence-electron chi connectivity index (χ3n) is 5.75. The van der Waals surface area contributed by atoms with Crippen molar-refractivity contribution in [1.29, 1.82) is 0 Å². The average Bonchev–Trinajstić information content (AvgIpc) is 3.22. The van der Waals surface area contributed by atoms with E-state index in [9.17, 15) is 9.50 Å². The molecule has 4 aromatic rings. The Morgan fingerprint density at radius 2 is 1.77 bits per heavy atom. The minimum Gasteiger partial charge on any atom is -0.507 e. The second-order valence-electron chi connectivity index (χ2n) is 7.73. The highest BCUT2D eigenvalue weighted by atomic mass is 19.1. The first-order valence-corrected chi connectivity index (χ1v) is 10.3. The molecule has 0 saturated carbocycles. The van der Waals surface area contributed by atoms with E-state index in [-0.39, 0.29) is 17.6 Å². The molecule has 1 aliphatic rings. The van der Waals surface area contributed by atoms with Gasteiger partial charge in [0.15, 0.2) is 5.82 Å². The summed E-state index contributed by atoms with van der Waals surface area (Å²) in [6.45, 7) is 0.861. The molecule has 1 aromatic heterocycles. The zero-order valence-corrected chi connectivity index (χ0v) is 16.5. The predicted octanol–water partition coefficient (Wildman–Crippen LogP) is 5.35. The summed E-state index contributed by atoms with van der Waals surface area (Å²) in [6.07, 6.45) is 3.03. The Bertz CT molecular complexity index is 1200. The summed E-state index contributed by atoms with van der Waals surface area (Å²) in [5.41, 5.74) is 2.52. The number of nitrogens with zero attached hydrogens (tertiary/aromatic N) is 3. The van der Waals surface area contributed by atoms with Crippen LogP contribution in [0.3, 0.4) is 0 Å². The van der Waals surface area contributed by atoms with Gasteiger partial charge >= 0.3 is 0 Å². The van der Waals surface area contributed by atoms with Crippen molar-refractivity contribution in [1.82, 2.24) is 9.97 Å². The van der Waals surface area contributed by atoms with Crippen LogP contribution in [0.4, 0.5) is 10.2 Å². The first-order chi connectivity index (χ1) is 14.7. The van der Waals surface area contributed by atoms with Crippen LogP contribution in [0.2, 0.25) is 0 Å². The van der Waals surface area contributed by atoms with Gasteiger partial charge in [-0.25, -0.2) is 14.4 Å². The van der Waals surface area contributed by atoms with Gasteiger partial charge in [0.2, 0.25) is 0 Å². The summed E-state index contributed by atoms with van der Waals surface area (Å²) in [6, 6.07) is 22.4. The third kappa shape index (κ3) is 3.47. The lowest BCUT2D eigenvalue weighted by Gasteiger charge is -2.27. The summed E-state index contributed by atoms with van der Waals surface area (Å²) in [7, 11) is 0. The van der Waals surface area contributed by atoms with Crippen LogP contribution in [0.5, 0.6) is 5.75 Å². The maximum atomic E-state index is 14.1. The van der Waals surface area contributed by atoms with E-state index >= 15 is 0 Å². The van der Waals surface area contributed by atoms with Crippen LogP contribution < -0.4 is 4.90 Å². The summed E-state index contributed by atoms with van der Waals surface area (Å²) >= 11 is 0. The van der Waals surface area contributed by atoms with Gasteiger partial charge in [-0.15, -0.1) is 0 Å². The number of phenols is 1. The van der Waals surface area contributed by atoms with Crippen molar-refractivity contribution in [3.63, 3.8) is 0 Å². The Hall–Kier alpha value is -3.47. The number of halogens is 1. The molecule has 0 amide bonds. The second-order valence-corrected chi connectivity index (χ2v) is 7.73. The largest absolute Gasteiger partial charge is 0.507 e. The lowest BCUT2D eigenvalue weighted by Crippen LogP contribution is -2.32. The zero-order valence-electron chi connectivity index (χ0n) is 16.5. The summed E-state index contributed by atoms with van der Waals surface area (Å²) in [5, 5.41) is 11.0. The summed E-state index contributed by atoms with van der Waals surface area (Å²) < 4.78 is 14.1. The van der Waals surface area contributed by atoms with Crippen LogP contribution >= 0.6 is 0 Å². The topological polar surface area (TPSA) is 49.3 Å². The van der Waals surface area contributed by atoms with E-state index in [0.29, 0.717) is 22.3 Å². The van der Waals surface area contributed by atoms with Gasteiger partial charge in [-0.3, -0.25) is 0 Å². The van der Waals surface area contributed by atoms with Crippen LogP contribution in [0.1, 0.15) is 18.4 Å². The molecule has 1 N–H and O–H groups in total. The monoisotopic (exact) mass is 399 g/mol. The number of aromatic nitrogens is 2. The van der Waals surface area contributed by atoms with E-state index < -0.39 is 0 Å². The maximum Gasteiger partial charge on any atom is 0.165 e. The maximum absolute atomic E-state index is 14.1. The minimum atomic E-state index is -0.304. The molecular weight excluding hydrogens is 377 g/mol. The van der Waals surface area contributed by atoms with Crippen molar-refractivity contribution in [2.75, 3.05) is 11.4 Å². The van der Waals surface area contributed by atoms with Crippen LogP contribution in [-0.2, 0) is 6.42 Å². The number of benzene rings is 3. The van der Waals surface area contributed by atoms with E-state index in [1.54, 1.807) is 24.3 Å². The van der Waals surface area contributed by atoms with Crippen molar-refractivity contribution in [2.45, 2.75) is 25.3 Å². The molecule has 0 bridgehead atoms. The standard InChI is InChI=1S/C25H22FN3O/c26-18-12-13-22-21(16-18)25(28-24(27-22)20-10-4-5-11-23(20)30)29-14-6-9-19(29)15-17-7-2-1-3-8-17/h1-5,7-8,10-13,16,19,30H,6,9,14-15H2/t19-/m1/s1. The molecule has 0 unspecified atom stereocenters. The number of anilines is 1. The molecule has 3 aromatic carbocycles. The zero-order chi connectivity index (χ0) is 20.5. The van der Waals surface area contributed by atoms with Gasteiger partial charge in [0.1, 0.15) is 17.4 Å². The number of para-hydroxylation sites is 1. The average molecular weight is 399 g/mol. The molecule has 5 heteroatoms. The van der Waals surface area contributed by atoms with Gasteiger partial charge in [-0.1, -0.05) is 42.5 Å². The van der Waals surface area contributed by atoms with Crippen molar-refractivity contribution < 1.29 is 9.50 Å². The fourth-order valence-corrected chi connectivity index (χ4v) is 4.30. The Balaban J connectivity index is 1.63. The van der Waals surface area contributed by atoms with Crippen molar-refractivity contribution >= 4 is 16.7 Å². The molecule has 5 rings (SSSR count). The number of aromatic hydroxyl groups is 1. The molecular formula is C25H22FN3O.